The monoisotopic (exact) mass is 312 g/mol. The second-order valence-corrected chi connectivity index (χ2v) is 5.13. The molecule has 0 aliphatic carbocycles. The molecule has 1 aromatic rings. The van der Waals surface area contributed by atoms with Crippen molar-refractivity contribution in [3.8, 4) is 0 Å². The molecule has 118 valence electrons. The van der Waals surface area contributed by atoms with Crippen LogP contribution in [0, 0.1) is 5.92 Å². The lowest BCUT2D eigenvalue weighted by atomic mass is 10.1. The zero-order valence-corrected chi connectivity index (χ0v) is 11.6. The second kappa shape index (κ2) is 6.21. The van der Waals surface area contributed by atoms with Gasteiger partial charge in [0.1, 0.15) is 0 Å². The second-order valence-electron chi connectivity index (χ2n) is 5.13. The average Bonchev–Trinajstić information content (AvgIpc) is 2.94. The number of nitrogens with two attached hydrogens (primary N) is 1. The predicted molar refractivity (Wildman–Crippen MR) is 74.4 cm³/mol. The van der Waals surface area contributed by atoms with E-state index >= 15 is 0 Å². The van der Waals surface area contributed by atoms with Crippen LogP contribution in [0.1, 0.15) is 17.5 Å². The molecule has 4 nitrogen and oxygen atoms in total. The SMILES string of the molecule is NC(=O)C1CCN(C(=O)/C=C/c2cccc(C(F)(F)F)c2)C1. The molecule has 1 fully saturated rings. The molecule has 22 heavy (non-hydrogen) atoms. The van der Waals surface area contributed by atoms with E-state index < -0.39 is 17.6 Å². The van der Waals surface area contributed by atoms with E-state index in [1.54, 1.807) is 0 Å². The number of likely N-dealkylation sites (tertiary alicyclic amines) is 1. The number of carbonyl (C=O) groups excluding carboxylic acids is 2. The number of carbonyl (C=O) groups is 2. The molecule has 0 saturated carbocycles. The number of halogens is 3. The van der Waals surface area contributed by atoms with Gasteiger partial charge in [0.25, 0.3) is 0 Å². The number of benzene rings is 1. The van der Waals surface area contributed by atoms with Gasteiger partial charge in [-0.2, -0.15) is 13.2 Å². The van der Waals surface area contributed by atoms with Crippen LogP contribution in [0.15, 0.2) is 30.3 Å². The molecule has 2 rings (SSSR count). The van der Waals surface area contributed by atoms with Crippen LogP contribution in [0.5, 0.6) is 0 Å². The Hall–Kier alpha value is -2.31. The Balaban J connectivity index is 2.03. The average molecular weight is 312 g/mol. The minimum Gasteiger partial charge on any atom is -0.369 e. The van der Waals surface area contributed by atoms with Gasteiger partial charge in [0, 0.05) is 19.2 Å². The molecule has 7 heteroatoms. The summed E-state index contributed by atoms with van der Waals surface area (Å²) in [4.78, 5) is 24.4. The van der Waals surface area contributed by atoms with Gasteiger partial charge in [0.2, 0.25) is 11.8 Å². The summed E-state index contributed by atoms with van der Waals surface area (Å²) >= 11 is 0. The summed E-state index contributed by atoms with van der Waals surface area (Å²) in [6.07, 6.45) is -1.37. The molecule has 1 atom stereocenters. The van der Waals surface area contributed by atoms with E-state index in [9.17, 15) is 22.8 Å². The molecule has 0 radical (unpaired) electrons. The highest BCUT2D eigenvalue weighted by Crippen LogP contribution is 2.29. The van der Waals surface area contributed by atoms with E-state index in [1.165, 1.54) is 29.2 Å². The number of hydrogen-bond donors (Lipinski definition) is 1. The first-order chi connectivity index (χ1) is 10.3. The van der Waals surface area contributed by atoms with E-state index in [1.807, 2.05) is 0 Å². The topological polar surface area (TPSA) is 63.4 Å². The van der Waals surface area contributed by atoms with Crippen LogP contribution in [-0.4, -0.2) is 29.8 Å². The fourth-order valence-electron chi connectivity index (χ4n) is 2.28. The molecule has 1 saturated heterocycles. The van der Waals surface area contributed by atoms with E-state index in [0.717, 1.165) is 12.1 Å². The lowest BCUT2D eigenvalue weighted by Crippen LogP contribution is -2.30. The van der Waals surface area contributed by atoms with Gasteiger partial charge in [-0.25, -0.2) is 0 Å². The minimum atomic E-state index is -4.42. The molecule has 1 heterocycles. The number of amides is 2. The van der Waals surface area contributed by atoms with Crippen LogP contribution < -0.4 is 5.73 Å². The molecule has 0 spiro atoms. The van der Waals surface area contributed by atoms with Crippen LogP contribution in [0.2, 0.25) is 0 Å². The van der Waals surface area contributed by atoms with Crippen molar-refractivity contribution < 1.29 is 22.8 Å². The molecule has 2 N–H and O–H groups in total. The van der Waals surface area contributed by atoms with Gasteiger partial charge >= 0.3 is 6.18 Å². The molecule has 1 aliphatic rings. The number of rotatable bonds is 3. The van der Waals surface area contributed by atoms with Crippen LogP contribution >= 0.6 is 0 Å². The Morgan fingerprint density at radius 2 is 2.05 bits per heavy atom. The van der Waals surface area contributed by atoms with E-state index in [0.29, 0.717) is 13.0 Å². The van der Waals surface area contributed by atoms with E-state index in [-0.39, 0.29) is 23.9 Å². The van der Waals surface area contributed by atoms with Gasteiger partial charge in [-0.05, 0) is 30.2 Å². The van der Waals surface area contributed by atoms with Crippen molar-refractivity contribution >= 4 is 17.9 Å². The summed E-state index contributed by atoms with van der Waals surface area (Å²) in [5, 5.41) is 0. The molecule has 2 amide bonds. The lowest BCUT2D eigenvalue weighted by Gasteiger charge is -2.13. The first-order valence-electron chi connectivity index (χ1n) is 6.71. The molecule has 1 aliphatic heterocycles. The largest absolute Gasteiger partial charge is 0.416 e. The van der Waals surface area contributed by atoms with E-state index in [2.05, 4.69) is 0 Å². The van der Waals surface area contributed by atoms with Crippen LogP contribution in [0.25, 0.3) is 6.08 Å². The number of primary amides is 1. The Bertz CT molecular complexity index is 611. The molecule has 1 unspecified atom stereocenters. The Kier molecular flexibility index (Phi) is 4.54. The predicted octanol–water partition coefficient (Wildman–Crippen LogP) is 2.05. The number of nitrogens with zero attached hydrogens (tertiary/aromatic N) is 1. The van der Waals surface area contributed by atoms with Gasteiger partial charge in [0.15, 0.2) is 0 Å². The summed E-state index contributed by atoms with van der Waals surface area (Å²) in [5.74, 6) is -1.15. The summed E-state index contributed by atoms with van der Waals surface area (Å²) in [6, 6.07) is 4.71. The molecule has 1 aromatic carbocycles. The van der Waals surface area contributed by atoms with Gasteiger partial charge in [-0.3, -0.25) is 9.59 Å². The van der Waals surface area contributed by atoms with Gasteiger partial charge in [-0.1, -0.05) is 12.1 Å². The maximum Gasteiger partial charge on any atom is 0.416 e. The van der Waals surface area contributed by atoms with Crippen LogP contribution in [0.3, 0.4) is 0 Å². The summed E-state index contributed by atoms with van der Waals surface area (Å²) in [7, 11) is 0. The van der Waals surface area contributed by atoms with Gasteiger partial charge in [-0.15, -0.1) is 0 Å². The van der Waals surface area contributed by atoms with Crippen molar-refractivity contribution in [1.82, 2.24) is 4.90 Å². The normalized spacial score (nSPS) is 18.9. The third kappa shape index (κ3) is 3.87. The van der Waals surface area contributed by atoms with Crippen molar-refractivity contribution in [3.05, 3.63) is 41.5 Å². The standard InChI is InChI=1S/C15H15F3N2O2/c16-15(17,18)12-3-1-2-10(8-12)4-5-13(21)20-7-6-11(9-20)14(19)22/h1-5,8,11H,6-7,9H2,(H2,19,22)/b5-4+. The molecular formula is C15H15F3N2O2. The van der Waals surface area contributed by atoms with Crippen molar-refractivity contribution in [3.63, 3.8) is 0 Å². The lowest BCUT2D eigenvalue weighted by molar-refractivity contribution is -0.137. The molecule has 0 bridgehead atoms. The summed E-state index contributed by atoms with van der Waals surface area (Å²) in [6.45, 7) is 0.667. The third-order valence-electron chi connectivity index (χ3n) is 3.53. The molecule has 0 aromatic heterocycles. The highest BCUT2D eigenvalue weighted by molar-refractivity contribution is 5.92. The maximum absolute atomic E-state index is 12.6. The van der Waals surface area contributed by atoms with E-state index in [4.69, 9.17) is 5.73 Å². The van der Waals surface area contributed by atoms with Crippen molar-refractivity contribution in [2.24, 2.45) is 11.7 Å². The van der Waals surface area contributed by atoms with Gasteiger partial charge in [0.05, 0.1) is 11.5 Å². The minimum absolute atomic E-state index is 0.251. The first-order valence-corrected chi connectivity index (χ1v) is 6.71. The number of hydrogen-bond acceptors (Lipinski definition) is 2. The van der Waals surface area contributed by atoms with Crippen molar-refractivity contribution in [1.29, 1.82) is 0 Å². The zero-order chi connectivity index (χ0) is 16.3. The Morgan fingerprint density at radius 3 is 2.64 bits per heavy atom. The highest BCUT2D eigenvalue weighted by Gasteiger charge is 2.30. The van der Waals surface area contributed by atoms with Crippen LogP contribution in [0.4, 0.5) is 13.2 Å². The third-order valence-corrected chi connectivity index (χ3v) is 3.53. The van der Waals surface area contributed by atoms with Crippen molar-refractivity contribution in [2.75, 3.05) is 13.1 Å². The summed E-state index contributed by atoms with van der Waals surface area (Å²) in [5.41, 5.74) is 4.70. The quantitative estimate of drug-likeness (QED) is 0.868. The highest BCUT2D eigenvalue weighted by atomic mass is 19.4. The van der Waals surface area contributed by atoms with Crippen molar-refractivity contribution in [2.45, 2.75) is 12.6 Å². The molecular weight excluding hydrogens is 297 g/mol. The fourth-order valence-corrected chi connectivity index (χ4v) is 2.28. The smallest absolute Gasteiger partial charge is 0.369 e. The Morgan fingerprint density at radius 1 is 1.32 bits per heavy atom. The van der Waals surface area contributed by atoms with Crippen LogP contribution in [-0.2, 0) is 15.8 Å². The maximum atomic E-state index is 12.6. The van der Waals surface area contributed by atoms with Gasteiger partial charge < -0.3 is 10.6 Å². The fraction of sp³-hybridized carbons (Fsp3) is 0.333. The first kappa shape index (κ1) is 16.1. The summed E-state index contributed by atoms with van der Waals surface area (Å²) < 4.78 is 37.8. The zero-order valence-electron chi connectivity index (χ0n) is 11.6. The Labute approximate surface area is 125 Å². The number of alkyl halides is 3.